The third-order valence-corrected chi connectivity index (χ3v) is 1.28. The monoisotopic (exact) mass is 168 g/mol. The minimum Gasteiger partial charge on any atom is -0.355 e. The van der Waals surface area contributed by atoms with Crippen LogP contribution in [0.25, 0.3) is 0 Å². The van der Waals surface area contributed by atoms with Crippen LogP contribution in [0.1, 0.15) is 12.8 Å². The van der Waals surface area contributed by atoms with Crippen LogP contribution in [0.3, 0.4) is 0 Å². The Balaban J connectivity index is 3.27. The number of nitrogens with zero attached hydrogens (tertiary/aromatic N) is 1. The van der Waals surface area contributed by atoms with E-state index in [4.69, 9.17) is 6.42 Å². The molecule has 0 aromatic heterocycles. The molecular formula is C9H16N2O. The number of rotatable bonds is 5. The highest BCUT2D eigenvalue weighted by Crippen LogP contribution is 1.83. The van der Waals surface area contributed by atoms with E-state index in [1.165, 1.54) is 0 Å². The van der Waals surface area contributed by atoms with Crippen molar-refractivity contribution < 1.29 is 4.79 Å². The topological polar surface area (TPSA) is 32.3 Å². The van der Waals surface area contributed by atoms with E-state index in [-0.39, 0.29) is 5.91 Å². The van der Waals surface area contributed by atoms with Crippen LogP contribution >= 0.6 is 0 Å². The van der Waals surface area contributed by atoms with Crippen molar-refractivity contribution in [3.63, 3.8) is 0 Å². The molecule has 3 heteroatoms. The van der Waals surface area contributed by atoms with Crippen molar-refractivity contribution in [1.82, 2.24) is 10.2 Å². The Bertz CT molecular complexity index is 170. The summed E-state index contributed by atoms with van der Waals surface area (Å²) in [6.45, 7) is 1.12. The number of nitrogens with one attached hydrogen (secondary N) is 1. The Labute approximate surface area is 74.1 Å². The summed E-state index contributed by atoms with van der Waals surface area (Å²) >= 11 is 0. The molecular weight excluding hydrogens is 152 g/mol. The van der Waals surface area contributed by atoms with Gasteiger partial charge < -0.3 is 10.2 Å². The zero-order valence-electron chi connectivity index (χ0n) is 7.76. The van der Waals surface area contributed by atoms with Crippen molar-refractivity contribution >= 4 is 5.91 Å². The van der Waals surface area contributed by atoms with Gasteiger partial charge in [0.05, 0.1) is 6.54 Å². The van der Waals surface area contributed by atoms with Crippen LogP contribution in [-0.2, 0) is 4.79 Å². The summed E-state index contributed by atoms with van der Waals surface area (Å²) in [6.07, 6.45) is 6.64. The average molecular weight is 168 g/mol. The van der Waals surface area contributed by atoms with Gasteiger partial charge in [-0.3, -0.25) is 4.79 Å². The predicted molar refractivity (Wildman–Crippen MR) is 49.6 cm³/mol. The molecule has 0 aliphatic carbocycles. The maximum absolute atomic E-state index is 11.0. The highest BCUT2D eigenvalue weighted by Gasteiger charge is 2.00. The van der Waals surface area contributed by atoms with E-state index in [2.05, 4.69) is 11.2 Å². The van der Waals surface area contributed by atoms with E-state index in [1.54, 1.807) is 0 Å². The smallest absolute Gasteiger partial charge is 0.234 e. The normalized spacial score (nSPS) is 9.50. The Hall–Kier alpha value is -1.01. The minimum absolute atomic E-state index is 0.0528. The molecule has 0 bridgehead atoms. The molecule has 0 rings (SSSR count). The number of hydrogen-bond donors (Lipinski definition) is 1. The highest BCUT2D eigenvalue weighted by molar-refractivity contribution is 5.77. The SMILES string of the molecule is C#CCCCNC(=O)CN(C)C. The van der Waals surface area contributed by atoms with Crippen molar-refractivity contribution in [2.75, 3.05) is 27.2 Å². The molecule has 0 fully saturated rings. The molecule has 0 saturated heterocycles. The van der Waals surface area contributed by atoms with Gasteiger partial charge in [0, 0.05) is 13.0 Å². The quantitative estimate of drug-likeness (QED) is 0.465. The van der Waals surface area contributed by atoms with E-state index >= 15 is 0 Å². The number of unbranched alkanes of at least 4 members (excludes halogenated alkanes) is 1. The van der Waals surface area contributed by atoms with Crippen LogP contribution in [0.4, 0.5) is 0 Å². The fourth-order valence-corrected chi connectivity index (χ4v) is 0.761. The maximum Gasteiger partial charge on any atom is 0.234 e. The van der Waals surface area contributed by atoms with E-state index in [9.17, 15) is 4.79 Å². The van der Waals surface area contributed by atoms with Crippen LogP contribution in [0.15, 0.2) is 0 Å². The second-order valence-corrected chi connectivity index (χ2v) is 2.90. The largest absolute Gasteiger partial charge is 0.355 e. The fraction of sp³-hybridized carbons (Fsp3) is 0.667. The molecule has 3 nitrogen and oxygen atoms in total. The molecule has 0 unspecified atom stereocenters. The first-order valence-electron chi connectivity index (χ1n) is 4.01. The van der Waals surface area contributed by atoms with Crippen LogP contribution in [0.2, 0.25) is 0 Å². The van der Waals surface area contributed by atoms with Crippen LogP contribution in [0.5, 0.6) is 0 Å². The average Bonchev–Trinajstić information content (AvgIpc) is 1.97. The Kier molecular flexibility index (Phi) is 6.12. The van der Waals surface area contributed by atoms with Gasteiger partial charge in [-0.25, -0.2) is 0 Å². The molecule has 0 spiro atoms. The van der Waals surface area contributed by atoms with E-state index in [0.717, 1.165) is 12.8 Å². The van der Waals surface area contributed by atoms with Gasteiger partial charge in [-0.2, -0.15) is 0 Å². The Morgan fingerprint density at radius 3 is 2.75 bits per heavy atom. The maximum atomic E-state index is 11.0. The molecule has 0 atom stereocenters. The zero-order valence-corrected chi connectivity index (χ0v) is 7.76. The number of carbonyl (C=O) groups excluding carboxylic acids is 1. The van der Waals surface area contributed by atoms with E-state index in [0.29, 0.717) is 13.1 Å². The number of terminal acetylenes is 1. The standard InChI is InChI=1S/C9H16N2O/c1-4-5-6-7-10-9(12)8-11(2)3/h1H,5-8H2,2-3H3,(H,10,12). The third-order valence-electron chi connectivity index (χ3n) is 1.28. The Morgan fingerprint density at radius 1 is 1.58 bits per heavy atom. The number of hydrogen-bond acceptors (Lipinski definition) is 2. The highest BCUT2D eigenvalue weighted by atomic mass is 16.1. The Morgan fingerprint density at radius 2 is 2.25 bits per heavy atom. The molecule has 68 valence electrons. The first-order valence-corrected chi connectivity index (χ1v) is 4.01. The van der Waals surface area contributed by atoms with E-state index < -0.39 is 0 Å². The van der Waals surface area contributed by atoms with Gasteiger partial charge in [-0.15, -0.1) is 12.3 Å². The zero-order chi connectivity index (χ0) is 9.40. The van der Waals surface area contributed by atoms with Crippen molar-refractivity contribution in [3.8, 4) is 12.3 Å². The molecule has 0 heterocycles. The lowest BCUT2D eigenvalue weighted by Crippen LogP contribution is -2.33. The van der Waals surface area contributed by atoms with Gasteiger partial charge in [0.25, 0.3) is 0 Å². The van der Waals surface area contributed by atoms with Gasteiger partial charge in [0.15, 0.2) is 0 Å². The fourth-order valence-electron chi connectivity index (χ4n) is 0.761. The molecule has 0 saturated carbocycles. The lowest BCUT2D eigenvalue weighted by molar-refractivity contribution is -0.121. The lowest BCUT2D eigenvalue weighted by atomic mass is 10.3. The van der Waals surface area contributed by atoms with Gasteiger partial charge in [0.1, 0.15) is 0 Å². The molecule has 0 aliphatic heterocycles. The molecule has 1 N–H and O–H groups in total. The summed E-state index contributed by atoms with van der Waals surface area (Å²) < 4.78 is 0. The molecule has 0 aliphatic rings. The van der Waals surface area contributed by atoms with Crippen molar-refractivity contribution in [2.45, 2.75) is 12.8 Å². The second-order valence-electron chi connectivity index (χ2n) is 2.90. The summed E-state index contributed by atoms with van der Waals surface area (Å²) in [4.78, 5) is 12.8. The summed E-state index contributed by atoms with van der Waals surface area (Å²) in [5, 5.41) is 2.77. The third kappa shape index (κ3) is 7.10. The minimum atomic E-state index is 0.0528. The number of amides is 1. The summed E-state index contributed by atoms with van der Waals surface area (Å²) in [6, 6.07) is 0. The van der Waals surface area contributed by atoms with E-state index in [1.807, 2.05) is 19.0 Å². The number of carbonyl (C=O) groups is 1. The molecule has 1 amide bonds. The molecule has 0 radical (unpaired) electrons. The first kappa shape index (κ1) is 11.0. The van der Waals surface area contributed by atoms with Gasteiger partial charge in [-0.05, 0) is 20.5 Å². The van der Waals surface area contributed by atoms with Crippen molar-refractivity contribution in [2.24, 2.45) is 0 Å². The van der Waals surface area contributed by atoms with Crippen LogP contribution in [0, 0.1) is 12.3 Å². The summed E-state index contributed by atoms with van der Waals surface area (Å²) in [5.74, 6) is 2.57. The molecule has 0 aromatic rings. The van der Waals surface area contributed by atoms with Gasteiger partial charge in [-0.1, -0.05) is 0 Å². The van der Waals surface area contributed by atoms with Crippen LogP contribution in [-0.4, -0.2) is 38.0 Å². The van der Waals surface area contributed by atoms with Crippen LogP contribution < -0.4 is 5.32 Å². The summed E-state index contributed by atoms with van der Waals surface area (Å²) in [7, 11) is 3.72. The predicted octanol–water partition coefficient (Wildman–Crippen LogP) is 0.0776. The molecule has 12 heavy (non-hydrogen) atoms. The summed E-state index contributed by atoms with van der Waals surface area (Å²) in [5.41, 5.74) is 0. The lowest BCUT2D eigenvalue weighted by Gasteiger charge is -2.08. The first-order chi connectivity index (χ1) is 5.66. The van der Waals surface area contributed by atoms with Gasteiger partial charge in [0.2, 0.25) is 5.91 Å². The van der Waals surface area contributed by atoms with Crippen molar-refractivity contribution in [1.29, 1.82) is 0 Å². The van der Waals surface area contributed by atoms with Gasteiger partial charge >= 0.3 is 0 Å². The van der Waals surface area contributed by atoms with Crippen molar-refractivity contribution in [3.05, 3.63) is 0 Å². The number of likely N-dealkylation sites (N-methyl/N-ethyl adjacent to an activating group) is 1. The second kappa shape index (κ2) is 6.68. The molecule has 0 aromatic carbocycles.